The Balaban J connectivity index is 1.82. The summed E-state index contributed by atoms with van der Waals surface area (Å²) in [6, 6.07) is 3.46. The molecule has 43 heavy (non-hydrogen) atoms. The zero-order chi connectivity index (χ0) is 31.6. The van der Waals surface area contributed by atoms with Gasteiger partial charge in [0.05, 0.1) is 28.2 Å². The fourth-order valence-electron chi connectivity index (χ4n) is 5.06. The normalized spacial score (nSPS) is 15.1. The van der Waals surface area contributed by atoms with Crippen molar-refractivity contribution < 1.29 is 44.7 Å². The molecule has 4 aromatic rings. The van der Waals surface area contributed by atoms with Crippen molar-refractivity contribution in [1.29, 1.82) is 0 Å². The van der Waals surface area contributed by atoms with Crippen LogP contribution < -0.4 is 16.3 Å². The highest BCUT2D eigenvalue weighted by Gasteiger charge is 2.43. The molecule has 2 heterocycles. The van der Waals surface area contributed by atoms with Crippen LogP contribution in [0.1, 0.15) is 56.8 Å². The van der Waals surface area contributed by atoms with Crippen LogP contribution in [-0.4, -0.2) is 20.9 Å². The van der Waals surface area contributed by atoms with Gasteiger partial charge in [0, 0.05) is 33.9 Å². The zero-order valence-corrected chi connectivity index (χ0v) is 22.3. The van der Waals surface area contributed by atoms with E-state index in [4.69, 9.17) is 11.6 Å². The summed E-state index contributed by atoms with van der Waals surface area (Å²) in [6.07, 6.45) is -10.2. The number of hydrogen-bond acceptors (Lipinski definition) is 3. The van der Waals surface area contributed by atoms with Crippen molar-refractivity contribution in [2.75, 3.05) is 5.32 Å². The second kappa shape index (κ2) is 10.4. The molecule has 0 spiro atoms. The van der Waals surface area contributed by atoms with Crippen molar-refractivity contribution >= 4 is 40.1 Å². The third-order valence-corrected chi connectivity index (χ3v) is 7.10. The lowest BCUT2D eigenvalue weighted by Gasteiger charge is -2.19. The van der Waals surface area contributed by atoms with Crippen LogP contribution in [0.4, 0.5) is 40.8 Å². The maximum Gasteiger partial charge on any atom is 0.493 e. The molecule has 1 aromatic heterocycles. The largest absolute Gasteiger partial charge is 0.493 e. The van der Waals surface area contributed by atoms with E-state index in [0.717, 1.165) is 28.8 Å². The fraction of sp³-hybridized carbons (Fsp3) is 0.222. The molecule has 226 valence electrons. The highest BCUT2D eigenvalue weighted by Crippen LogP contribution is 2.44. The van der Waals surface area contributed by atoms with E-state index >= 15 is 0 Å². The zero-order valence-electron chi connectivity index (χ0n) is 21.6. The van der Waals surface area contributed by atoms with Gasteiger partial charge in [-0.2, -0.15) is 13.2 Å². The van der Waals surface area contributed by atoms with Gasteiger partial charge in [-0.15, -0.1) is 13.2 Å². The van der Waals surface area contributed by atoms with E-state index in [2.05, 4.69) is 10.6 Å². The van der Waals surface area contributed by atoms with Crippen molar-refractivity contribution in [3.8, 4) is 0 Å². The molecule has 1 atom stereocenters. The lowest BCUT2D eigenvalue weighted by atomic mass is 9.95. The minimum Gasteiger partial charge on any atom is -0.341 e. The van der Waals surface area contributed by atoms with Crippen LogP contribution in [0.2, 0.25) is 5.02 Å². The van der Waals surface area contributed by atoms with Crippen molar-refractivity contribution in [3.05, 3.63) is 97.4 Å². The summed E-state index contributed by atoms with van der Waals surface area (Å²) >= 11 is 6.22. The Hall–Kier alpha value is -4.40. The Kier molecular flexibility index (Phi) is 7.27. The maximum atomic E-state index is 14.2. The van der Waals surface area contributed by atoms with Gasteiger partial charge in [0.1, 0.15) is 11.6 Å². The average Bonchev–Trinajstić information content (AvgIpc) is 3.39. The molecule has 3 aromatic carbocycles. The first-order valence-electron chi connectivity index (χ1n) is 12.4. The number of nitrogens with zero attached hydrogens (tertiary/aromatic N) is 2. The third-order valence-electron chi connectivity index (χ3n) is 6.75. The van der Waals surface area contributed by atoms with Gasteiger partial charge in [0.2, 0.25) is 0 Å². The van der Waals surface area contributed by atoms with E-state index in [-0.39, 0.29) is 35.2 Å². The quantitative estimate of drug-likeness (QED) is 0.240. The fourth-order valence-corrected chi connectivity index (χ4v) is 5.28. The molecular weight excluding hydrogens is 616 g/mol. The van der Waals surface area contributed by atoms with Gasteiger partial charge in [0.25, 0.3) is 11.8 Å². The lowest BCUT2D eigenvalue weighted by Crippen LogP contribution is -2.32. The van der Waals surface area contributed by atoms with E-state index in [0.29, 0.717) is 12.1 Å². The first-order valence-corrected chi connectivity index (χ1v) is 12.7. The van der Waals surface area contributed by atoms with E-state index in [1.54, 1.807) is 6.92 Å². The van der Waals surface area contributed by atoms with Crippen LogP contribution in [0.5, 0.6) is 0 Å². The van der Waals surface area contributed by atoms with Crippen molar-refractivity contribution in [3.63, 3.8) is 0 Å². The smallest absolute Gasteiger partial charge is 0.341 e. The molecule has 0 saturated heterocycles. The number of alkyl halides is 6. The summed E-state index contributed by atoms with van der Waals surface area (Å²) in [5.74, 6) is -4.71. The molecular formula is C27H17ClF8N4O3. The van der Waals surface area contributed by atoms with E-state index in [9.17, 15) is 49.5 Å². The van der Waals surface area contributed by atoms with Crippen LogP contribution >= 0.6 is 11.6 Å². The number of fused-ring (bicyclic) bond motifs is 3. The first-order chi connectivity index (χ1) is 20.0. The second-order valence-corrected chi connectivity index (χ2v) is 9.98. The number of hydrogen-bond donors (Lipinski definition) is 2. The number of anilines is 1. The van der Waals surface area contributed by atoms with Crippen molar-refractivity contribution in [1.82, 2.24) is 14.5 Å². The summed E-state index contributed by atoms with van der Waals surface area (Å²) in [7, 11) is 0. The number of carbonyl (C=O) groups is 2. The van der Waals surface area contributed by atoms with Gasteiger partial charge in [-0.3, -0.25) is 14.2 Å². The van der Waals surface area contributed by atoms with Crippen molar-refractivity contribution in [2.45, 2.75) is 38.4 Å². The summed E-state index contributed by atoms with van der Waals surface area (Å²) in [5, 5.41) is 4.49. The lowest BCUT2D eigenvalue weighted by molar-refractivity contribution is -0.203. The first kappa shape index (κ1) is 30.1. The van der Waals surface area contributed by atoms with Crippen LogP contribution in [0.15, 0.2) is 47.3 Å². The predicted octanol–water partition coefficient (Wildman–Crippen LogP) is 6.72. The molecule has 1 aliphatic heterocycles. The Bertz CT molecular complexity index is 1880. The minimum absolute atomic E-state index is 0.131. The van der Waals surface area contributed by atoms with E-state index in [1.807, 2.05) is 0 Å². The van der Waals surface area contributed by atoms with Gasteiger partial charge >= 0.3 is 18.2 Å². The van der Waals surface area contributed by atoms with Gasteiger partial charge in [-0.05, 0) is 48.9 Å². The summed E-state index contributed by atoms with van der Waals surface area (Å²) in [5.41, 5.74) is -6.78. The summed E-state index contributed by atoms with van der Waals surface area (Å²) < 4.78 is 111. The molecule has 0 saturated carbocycles. The number of imidazole rings is 1. The molecule has 0 radical (unpaired) electrons. The molecule has 5 rings (SSSR count). The Morgan fingerprint density at radius 1 is 1.00 bits per heavy atom. The number of carbonyl (C=O) groups excluding carboxylic acids is 2. The Labute approximate surface area is 240 Å². The predicted molar refractivity (Wildman–Crippen MR) is 138 cm³/mol. The standard InChI is InChI=1S/C27H17ClF8N4O3/c1-2-5-39-18-10-17(37-23(41)11-6-12(26(31,32)33)8-14(30)7-11)19-20(22(18)40(25(39)43)27(34,35)36)24(42)38-21(19)15-9-13(29)3-4-16(15)28/h3-4,6-10,21H,2,5H2,1H3,(H,37,41)(H,38,42). The Morgan fingerprint density at radius 2 is 1.70 bits per heavy atom. The topological polar surface area (TPSA) is 85.1 Å². The number of aromatic nitrogens is 2. The van der Waals surface area contributed by atoms with Gasteiger partial charge < -0.3 is 10.6 Å². The molecule has 2 amide bonds. The highest BCUT2D eigenvalue weighted by molar-refractivity contribution is 6.31. The Morgan fingerprint density at radius 3 is 2.33 bits per heavy atom. The van der Waals surface area contributed by atoms with Gasteiger partial charge in [-0.25, -0.2) is 18.1 Å². The molecule has 2 N–H and O–H groups in total. The summed E-state index contributed by atoms with van der Waals surface area (Å²) in [6.45, 7) is 1.32. The van der Waals surface area contributed by atoms with Gasteiger partial charge in [0.15, 0.2) is 0 Å². The maximum absolute atomic E-state index is 14.2. The molecule has 0 fully saturated rings. The number of aryl methyl sites for hydroxylation is 1. The van der Waals surface area contributed by atoms with Crippen LogP contribution in [0.3, 0.4) is 0 Å². The molecule has 1 unspecified atom stereocenters. The summed E-state index contributed by atoms with van der Waals surface area (Å²) in [4.78, 5) is 39.5. The number of halogens is 9. The molecule has 0 aliphatic carbocycles. The molecule has 1 aliphatic rings. The monoisotopic (exact) mass is 632 g/mol. The average molecular weight is 633 g/mol. The minimum atomic E-state index is -5.31. The van der Waals surface area contributed by atoms with E-state index < -0.39 is 85.6 Å². The molecule has 7 nitrogen and oxygen atoms in total. The number of amides is 2. The highest BCUT2D eigenvalue weighted by atomic mass is 35.5. The van der Waals surface area contributed by atoms with Crippen LogP contribution in [-0.2, 0) is 19.0 Å². The molecule has 0 bridgehead atoms. The van der Waals surface area contributed by atoms with Crippen LogP contribution in [0.25, 0.3) is 11.0 Å². The third kappa shape index (κ3) is 5.21. The number of benzene rings is 3. The number of nitrogens with one attached hydrogen (secondary N) is 2. The van der Waals surface area contributed by atoms with Crippen LogP contribution in [0, 0.1) is 11.6 Å². The van der Waals surface area contributed by atoms with Crippen molar-refractivity contribution in [2.24, 2.45) is 0 Å². The van der Waals surface area contributed by atoms with E-state index in [1.165, 1.54) is 0 Å². The number of rotatable bonds is 5. The second-order valence-electron chi connectivity index (χ2n) is 9.57. The SMILES string of the molecule is CCCn1c(=O)n(C(F)(F)F)c2c3c(c(NC(=O)c4cc(F)cc(C(F)(F)F)c4)cc21)C(c1cc(F)ccc1Cl)NC3=O. The molecule has 16 heteroatoms. The van der Waals surface area contributed by atoms with Gasteiger partial charge in [-0.1, -0.05) is 18.5 Å².